The molecule has 0 aliphatic carbocycles. The van der Waals surface area contributed by atoms with Gasteiger partial charge in [0.2, 0.25) is 0 Å². The van der Waals surface area contributed by atoms with E-state index in [9.17, 15) is 4.79 Å². The molecule has 0 radical (unpaired) electrons. The summed E-state index contributed by atoms with van der Waals surface area (Å²) in [6.45, 7) is 8.52. The topological polar surface area (TPSA) is 30.0 Å². The summed E-state index contributed by atoms with van der Waals surface area (Å²) >= 11 is 0. The van der Waals surface area contributed by atoms with Crippen LogP contribution in [-0.2, 0) is 0 Å². The molecular weight excluding hydrogens is 288 g/mol. The molecule has 0 saturated carbocycles. The highest BCUT2D eigenvalue weighted by molar-refractivity contribution is 5.75. The number of hydrogen-bond acceptors (Lipinski definition) is 5. The summed E-state index contributed by atoms with van der Waals surface area (Å²) in [4.78, 5) is 20.5. The lowest BCUT2D eigenvalue weighted by Gasteiger charge is -2.32. The number of carbonyl (C=O) groups excluding carboxylic acids is 1. The van der Waals surface area contributed by atoms with E-state index < -0.39 is 0 Å². The van der Waals surface area contributed by atoms with Crippen LogP contribution in [0.15, 0.2) is 24.3 Å². The lowest BCUT2D eigenvalue weighted by Crippen LogP contribution is -2.43. The lowest BCUT2D eigenvalue weighted by molar-refractivity contribution is 0.112. The van der Waals surface area contributed by atoms with E-state index in [0.29, 0.717) is 0 Å². The molecule has 0 atom stereocenters. The zero-order chi connectivity index (χ0) is 16.7. The van der Waals surface area contributed by atoms with Crippen LogP contribution in [0.25, 0.3) is 0 Å². The molecule has 1 aliphatic rings. The Labute approximate surface area is 140 Å². The molecule has 5 nitrogen and oxygen atoms in total. The first-order chi connectivity index (χ1) is 11.1. The minimum atomic E-state index is 0.736. The van der Waals surface area contributed by atoms with E-state index >= 15 is 0 Å². The number of nitrogens with zero attached hydrogens (tertiary/aromatic N) is 4. The summed E-state index contributed by atoms with van der Waals surface area (Å²) in [5.74, 6) is 0. The maximum Gasteiger partial charge on any atom is 0.150 e. The molecule has 1 heterocycles. The highest BCUT2D eigenvalue weighted by Crippen LogP contribution is 2.15. The van der Waals surface area contributed by atoms with Gasteiger partial charge in [-0.15, -0.1) is 0 Å². The molecule has 1 saturated heterocycles. The second-order valence-electron chi connectivity index (χ2n) is 6.61. The fourth-order valence-electron chi connectivity index (χ4n) is 2.73. The van der Waals surface area contributed by atoms with Gasteiger partial charge in [0.25, 0.3) is 0 Å². The number of carbonyl (C=O) groups is 1. The first kappa shape index (κ1) is 17.9. The van der Waals surface area contributed by atoms with Crippen LogP contribution >= 0.6 is 0 Å². The molecule has 0 unspecified atom stereocenters. The fraction of sp³-hybridized carbons (Fsp3) is 0.611. The fourth-order valence-corrected chi connectivity index (χ4v) is 2.73. The Morgan fingerprint density at radius 1 is 0.696 bits per heavy atom. The number of likely N-dealkylation sites (N-methyl/N-ethyl adjacent to an activating group) is 3. The summed E-state index contributed by atoms with van der Waals surface area (Å²) in [6, 6.07) is 7.93. The van der Waals surface area contributed by atoms with Crippen molar-refractivity contribution in [3.8, 4) is 0 Å². The smallest absolute Gasteiger partial charge is 0.150 e. The van der Waals surface area contributed by atoms with Crippen molar-refractivity contribution in [2.24, 2.45) is 0 Å². The van der Waals surface area contributed by atoms with Gasteiger partial charge in [-0.1, -0.05) is 0 Å². The van der Waals surface area contributed by atoms with Crippen LogP contribution in [-0.4, -0.2) is 94.5 Å². The van der Waals surface area contributed by atoms with E-state index in [1.54, 1.807) is 0 Å². The second-order valence-corrected chi connectivity index (χ2v) is 6.61. The van der Waals surface area contributed by atoms with E-state index in [-0.39, 0.29) is 0 Å². The van der Waals surface area contributed by atoms with Gasteiger partial charge in [-0.2, -0.15) is 0 Å². The Morgan fingerprint density at radius 3 is 1.48 bits per heavy atom. The summed E-state index contributed by atoms with van der Waals surface area (Å²) in [6.07, 6.45) is 0.901. The zero-order valence-electron chi connectivity index (χ0n) is 14.7. The molecule has 0 bridgehead atoms. The summed E-state index contributed by atoms with van der Waals surface area (Å²) in [5.41, 5.74) is 1.94. The SMILES string of the molecule is CN1CCN(C)CCN(c2ccc(C=O)cc2)CCN(C)CC1. The van der Waals surface area contributed by atoms with Crippen LogP contribution in [0, 0.1) is 0 Å². The molecule has 0 spiro atoms. The van der Waals surface area contributed by atoms with Crippen LogP contribution in [0.1, 0.15) is 10.4 Å². The van der Waals surface area contributed by atoms with Gasteiger partial charge in [-0.3, -0.25) is 4.79 Å². The predicted molar refractivity (Wildman–Crippen MR) is 96.5 cm³/mol. The van der Waals surface area contributed by atoms with Crippen LogP contribution < -0.4 is 4.90 Å². The largest absolute Gasteiger partial charge is 0.369 e. The zero-order valence-corrected chi connectivity index (χ0v) is 14.7. The van der Waals surface area contributed by atoms with Crippen molar-refractivity contribution >= 4 is 12.0 Å². The van der Waals surface area contributed by atoms with E-state index in [1.165, 1.54) is 5.69 Å². The van der Waals surface area contributed by atoms with Crippen LogP contribution in [0.4, 0.5) is 5.69 Å². The van der Waals surface area contributed by atoms with Crippen molar-refractivity contribution in [2.75, 3.05) is 78.4 Å². The minimum absolute atomic E-state index is 0.736. The van der Waals surface area contributed by atoms with Gasteiger partial charge in [0.15, 0.2) is 0 Å². The van der Waals surface area contributed by atoms with Gasteiger partial charge < -0.3 is 19.6 Å². The van der Waals surface area contributed by atoms with Crippen LogP contribution in [0.5, 0.6) is 0 Å². The van der Waals surface area contributed by atoms with E-state index in [0.717, 1.165) is 64.2 Å². The maximum atomic E-state index is 10.8. The first-order valence-corrected chi connectivity index (χ1v) is 8.44. The quantitative estimate of drug-likeness (QED) is 0.763. The van der Waals surface area contributed by atoms with Crippen LogP contribution in [0.2, 0.25) is 0 Å². The number of anilines is 1. The van der Waals surface area contributed by atoms with Crippen molar-refractivity contribution in [1.29, 1.82) is 0 Å². The van der Waals surface area contributed by atoms with Gasteiger partial charge in [0, 0.05) is 63.6 Å². The molecular formula is C18H30N4O. The molecule has 1 aliphatic heterocycles. The number of rotatable bonds is 2. The summed E-state index contributed by atoms with van der Waals surface area (Å²) in [7, 11) is 6.59. The minimum Gasteiger partial charge on any atom is -0.369 e. The van der Waals surface area contributed by atoms with Crippen molar-refractivity contribution in [2.45, 2.75) is 0 Å². The Kier molecular flexibility index (Phi) is 7.02. The molecule has 0 amide bonds. The molecule has 5 heteroatoms. The average Bonchev–Trinajstić information content (AvgIpc) is 2.57. The number of hydrogen-bond donors (Lipinski definition) is 0. The normalized spacial score (nSPS) is 20.7. The Balaban J connectivity index is 2.05. The highest BCUT2D eigenvalue weighted by atomic mass is 16.1. The maximum absolute atomic E-state index is 10.8. The standard InChI is InChI=1S/C18H30N4O/c1-19-8-10-20(2)12-14-22(15-13-21(3)11-9-19)18-6-4-17(16-23)5-7-18/h4-7,16H,8-15H2,1-3H3. The van der Waals surface area contributed by atoms with Crippen molar-refractivity contribution < 1.29 is 4.79 Å². The van der Waals surface area contributed by atoms with Gasteiger partial charge in [-0.25, -0.2) is 0 Å². The third kappa shape index (κ3) is 5.94. The third-order valence-electron chi connectivity index (χ3n) is 4.62. The van der Waals surface area contributed by atoms with E-state index in [1.807, 2.05) is 12.1 Å². The molecule has 2 rings (SSSR count). The molecule has 1 fully saturated rings. The third-order valence-corrected chi connectivity index (χ3v) is 4.62. The van der Waals surface area contributed by atoms with Crippen molar-refractivity contribution in [1.82, 2.24) is 14.7 Å². The van der Waals surface area contributed by atoms with Crippen molar-refractivity contribution in [3.05, 3.63) is 29.8 Å². The van der Waals surface area contributed by atoms with Gasteiger partial charge in [0.05, 0.1) is 0 Å². The van der Waals surface area contributed by atoms with Gasteiger partial charge >= 0.3 is 0 Å². The highest BCUT2D eigenvalue weighted by Gasteiger charge is 2.12. The number of aldehydes is 1. The monoisotopic (exact) mass is 318 g/mol. The molecule has 1 aromatic rings. The molecule has 128 valence electrons. The van der Waals surface area contributed by atoms with Crippen molar-refractivity contribution in [3.63, 3.8) is 0 Å². The number of benzene rings is 1. The Bertz CT molecular complexity index is 458. The first-order valence-electron chi connectivity index (χ1n) is 8.44. The van der Waals surface area contributed by atoms with Gasteiger partial charge in [-0.05, 0) is 45.4 Å². The molecule has 0 N–H and O–H groups in total. The summed E-state index contributed by atoms with van der Waals surface area (Å²) in [5, 5.41) is 0. The average molecular weight is 318 g/mol. The second kappa shape index (κ2) is 9.01. The molecule has 0 aromatic heterocycles. The van der Waals surface area contributed by atoms with E-state index in [2.05, 4.69) is 52.9 Å². The predicted octanol–water partition coefficient (Wildman–Crippen LogP) is 1.11. The van der Waals surface area contributed by atoms with Gasteiger partial charge in [0.1, 0.15) is 6.29 Å². The Hall–Kier alpha value is -1.43. The molecule has 1 aromatic carbocycles. The summed E-state index contributed by atoms with van der Waals surface area (Å²) < 4.78 is 0. The Morgan fingerprint density at radius 2 is 1.09 bits per heavy atom. The lowest BCUT2D eigenvalue weighted by atomic mass is 10.2. The van der Waals surface area contributed by atoms with Crippen LogP contribution in [0.3, 0.4) is 0 Å². The molecule has 23 heavy (non-hydrogen) atoms. The van der Waals surface area contributed by atoms with E-state index in [4.69, 9.17) is 0 Å².